The highest BCUT2D eigenvalue weighted by Crippen LogP contribution is 2.30. The third-order valence-corrected chi connectivity index (χ3v) is 6.24. The smallest absolute Gasteiger partial charge is 0.145 e. The Morgan fingerprint density at radius 2 is 1.66 bits per heavy atom. The number of hydrogen-bond acceptors (Lipinski definition) is 5. The van der Waals surface area contributed by atoms with Crippen molar-refractivity contribution in [1.29, 1.82) is 0 Å². The molecule has 0 spiro atoms. The summed E-state index contributed by atoms with van der Waals surface area (Å²) < 4.78 is 4.19. The van der Waals surface area contributed by atoms with E-state index in [9.17, 15) is 0 Å². The normalized spacial score (nSPS) is 11.3. The maximum Gasteiger partial charge on any atom is 0.145 e. The van der Waals surface area contributed by atoms with Crippen molar-refractivity contribution in [1.82, 2.24) is 29.1 Å². The summed E-state index contributed by atoms with van der Waals surface area (Å²) in [6.45, 7) is 2.01. The third kappa shape index (κ3) is 3.11. The Balaban J connectivity index is 1.47. The fourth-order valence-electron chi connectivity index (χ4n) is 3.90. The van der Waals surface area contributed by atoms with Gasteiger partial charge in [-0.15, -0.1) is 11.3 Å². The van der Waals surface area contributed by atoms with Crippen LogP contribution < -0.4 is 0 Å². The molecule has 0 atom stereocenters. The Labute approximate surface area is 188 Å². The van der Waals surface area contributed by atoms with Crippen LogP contribution in [0.1, 0.15) is 5.69 Å². The van der Waals surface area contributed by atoms with Gasteiger partial charge in [-0.3, -0.25) is 9.55 Å². The van der Waals surface area contributed by atoms with Crippen molar-refractivity contribution in [3.05, 3.63) is 96.7 Å². The lowest BCUT2D eigenvalue weighted by Gasteiger charge is -2.11. The standard InChI is InChI=1S/C25H18N6S/c1-17-22(5-3-11-26-17)31-16-21(25-28-13-15-32-25)29-24(31)19-6-8-20(9-7-19)30-14-10-18-4-2-12-27-23(18)30/h2-16H,1H3. The third-order valence-electron chi connectivity index (χ3n) is 5.45. The summed E-state index contributed by atoms with van der Waals surface area (Å²) in [5.74, 6) is 0.855. The molecule has 1 aromatic carbocycles. The van der Waals surface area contributed by atoms with Crippen LogP contribution in [0.3, 0.4) is 0 Å². The number of pyridine rings is 2. The van der Waals surface area contributed by atoms with Gasteiger partial charge in [0.2, 0.25) is 0 Å². The van der Waals surface area contributed by atoms with Crippen molar-refractivity contribution in [2.75, 3.05) is 0 Å². The molecule has 7 heteroatoms. The first-order valence-corrected chi connectivity index (χ1v) is 11.1. The maximum atomic E-state index is 4.95. The van der Waals surface area contributed by atoms with E-state index in [0.29, 0.717) is 0 Å². The fraction of sp³-hybridized carbons (Fsp3) is 0.0400. The van der Waals surface area contributed by atoms with Crippen molar-refractivity contribution in [3.63, 3.8) is 0 Å². The molecule has 0 saturated heterocycles. The lowest BCUT2D eigenvalue weighted by molar-refractivity contribution is 1.01. The highest BCUT2D eigenvalue weighted by atomic mass is 32.1. The van der Waals surface area contributed by atoms with E-state index < -0.39 is 0 Å². The van der Waals surface area contributed by atoms with Gasteiger partial charge in [0, 0.05) is 53.0 Å². The molecule has 0 aliphatic carbocycles. The Morgan fingerprint density at radius 1 is 0.812 bits per heavy atom. The Kier molecular flexibility index (Phi) is 4.40. The predicted molar refractivity (Wildman–Crippen MR) is 127 cm³/mol. The molecule has 0 amide bonds. The average molecular weight is 435 g/mol. The molecular weight excluding hydrogens is 416 g/mol. The van der Waals surface area contributed by atoms with Gasteiger partial charge >= 0.3 is 0 Å². The zero-order valence-electron chi connectivity index (χ0n) is 17.3. The van der Waals surface area contributed by atoms with Crippen molar-refractivity contribution >= 4 is 22.4 Å². The number of imidazole rings is 1. The van der Waals surface area contributed by atoms with Crippen LogP contribution in [0.15, 0.2) is 91.0 Å². The van der Waals surface area contributed by atoms with Crippen LogP contribution in [-0.4, -0.2) is 29.1 Å². The first kappa shape index (κ1) is 18.7. The lowest BCUT2D eigenvalue weighted by atomic mass is 10.2. The number of aryl methyl sites for hydroxylation is 1. The molecule has 5 aromatic heterocycles. The second-order valence-electron chi connectivity index (χ2n) is 7.41. The predicted octanol–water partition coefficient (Wildman–Crippen LogP) is 5.71. The molecule has 0 aliphatic heterocycles. The summed E-state index contributed by atoms with van der Waals surface area (Å²) in [7, 11) is 0. The van der Waals surface area contributed by atoms with E-state index in [2.05, 4.69) is 66.6 Å². The van der Waals surface area contributed by atoms with E-state index in [-0.39, 0.29) is 0 Å². The molecule has 154 valence electrons. The molecule has 0 radical (unpaired) electrons. The molecule has 0 aliphatic rings. The number of hydrogen-bond donors (Lipinski definition) is 0. The molecule has 6 nitrogen and oxygen atoms in total. The van der Waals surface area contributed by atoms with Crippen LogP contribution in [0, 0.1) is 6.92 Å². The average Bonchev–Trinajstić information content (AvgIpc) is 3.59. The highest BCUT2D eigenvalue weighted by Gasteiger charge is 2.16. The minimum Gasteiger partial charge on any atom is -0.301 e. The molecule has 0 unspecified atom stereocenters. The van der Waals surface area contributed by atoms with E-state index >= 15 is 0 Å². The Morgan fingerprint density at radius 3 is 2.47 bits per heavy atom. The quantitative estimate of drug-likeness (QED) is 0.357. The van der Waals surface area contributed by atoms with E-state index in [0.717, 1.165) is 50.2 Å². The first-order valence-electron chi connectivity index (χ1n) is 10.2. The summed E-state index contributed by atoms with van der Waals surface area (Å²) >= 11 is 1.58. The summed E-state index contributed by atoms with van der Waals surface area (Å²) in [4.78, 5) is 18.4. The van der Waals surface area contributed by atoms with Crippen molar-refractivity contribution in [2.45, 2.75) is 6.92 Å². The molecular formula is C25H18N6S. The van der Waals surface area contributed by atoms with E-state index in [1.165, 1.54) is 0 Å². The number of rotatable bonds is 4. The lowest BCUT2D eigenvalue weighted by Crippen LogP contribution is -2.00. The van der Waals surface area contributed by atoms with Crippen molar-refractivity contribution < 1.29 is 0 Å². The maximum absolute atomic E-state index is 4.95. The summed E-state index contributed by atoms with van der Waals surface area (Å²) in [5, 5.41) is 3.98. The minimum absolute atomic E-state index is 0.850. The van der Waals surface area contributed by atoms with Gasteiger partial charge < -0.3 is 4.57 Å². The molecule has 0 bridgehead atoms. The van der Waals surface area contributed by atoms with Crippen LogP contribution in [0.2, 0.25) is 0 Å². The highest BCUT2D eigenvalue weighted by molar-refractivity contribution is 7.13. The van der Waals surface area contributed by atoms with Gasteiger partial charge in [0.1, 0.15) is 22.2 Å². The van der Waals surface area contributed by atoms with Gasteiger partial charge in [-0.1, -0.05) is 0 Å². The zero-order chi connectivity index (χ0) is 21.5. The molecule has 6 rings (SSSR count). The molecule has 0 fully saturated rings. The SMILES string of the molecule is Cc1ncccc1-n1cc(-c2nccs2)nc1-c1ccc(-n2ccc3cccnc32)cc1. The van der Waals surface area contributed by atoms with Gasteiger partial charge in [0.15, 0.2) is 0 Å². The molecule has 5 heterocycles. The number of fused-ring (bicyclic) bond motifs is 1. The number of nitrogens with zero attached hydrogens (tertiary/aromatic N) is 6. The molecule has 32 heavy (non-hydrogen) atoms. The van der Waals surface area contributed by atoms with E-state index in [1.54, 1.807) is 23.7 Å². The van der Waals surface area contributed by atoms with Gasteiger partial charge in [-0.25, -0.2) is 15.0 Å². The van der Waals surface area contributed by atoms with E-state index in [4.69, 9.17) is 4.98 Å². The van der Waals surface area contributed by atoms with Gasteiger partial charge in [0.25, 0.3) is 0 Å². The van der Waals surface area contributed by atoms with Gasteiger partial charge in [-0.05, 0) is 61.5 Å². The fourth-order valence-corrected chi connectivity index (χ4v) is 4.49. The van der Waals surface area contributed by atoms with E-state index in [1.807, 2.05) is 43.0 Å². The zero-order valence-corrected chi connectivity index (χ0v) is 18.1. The minimum atomic E-state index is 0.850. The Hall–Kier alpha value is -4.10. The summed E-state index contributed by atoms with van der Waals surface area (Å²) in [6, 6.07) is 18.5. The van der Waals surface area contributed by atoms with Gasteiger partial charge in [-0.2, -0.15) is 0 Å². The Bertz CT molecular complexity index is 1530. The number of thiazole rings is 1. The van der Waals surface area contributed by atoms with Crippen LogP contribution in [0.5, 0.6) is 0 Å². The van der Waals surface area contributed by atoms with Crippen LogP contribution in [-0.2, 0) is 0 Å². The monoisotopic (exact) mass is 434 g/mol. The van der Waals surface area contributed by atoms with Gasteiger partial charge in [0.05, 0.1) is 11.4 Å². The second-order valence-corrected chi connectivity index (χ2v) is 8.31. The number of aromatic nitrogens is 6. The van der Waals surface area contributed by atoms with Crippen LogP contribution in [0.25, 0.3) is 44.5 Å². The topological polar surface area (TPSA) is 61.4 Å². The van der Waals surface area contributed by atoms with Crippen molar-refractivity contribution in [2.24, 2.45) is 0 Å². The number of benzene rings is 1. The second kappa shape index (κ2) is 7.55. The van der Waals surface area contributed by atoms with Crippen LogP contribution >= 0.6 is 11.3 Å². The largest absolute Gasteiger partial charge is 0.301 e. The first-order chi connectivity index (χ1) is 15.8. The van der Waals surface area contributed by atoms with Crippen molar-refractivity contribution in [3.8, 4) is 33.5 Å². The summed E-state index contributed by atoms with van der Waals surface area (Å²) in [6.07, 6.45) is 9.52. The molecule has 0 saturated carbocycles. The summed E-state index contributed by atoms with van der Waals surface area (Å²) in [5.41, 5.74) is 5.81. The molecule has 0 N–H and O–H groups in total. The molecule has 6 aromatic rings. The van der Waals surface area contributed by atoms with Crippen LogP contribution in [0.4, 0.5) is 0 Å².